The molecule has 124 valence electrons. The third-order valence-electron chi connectivity index (χ3n) is 3.77. The number of nitrogens with two attached hydrogens (primary N) is 1. The second-order valence-electron chi connectivity index (χ2n) is 5.18. The summed E-state index contributed by atoms with van der Waals surface area (Å²) >= 11 is 1.09. The summed E-state index contributed by atoms with van der Waals surface area (Å²) in [7, 11) is -3.69. The van der Waals surface area contributed by atoms with Gasteiger partial charge in [0.1, 0.15) is 16.8 Å². The minimum Gasteiger partial charge on any atom is -0.368 e. The highest BCUT2D eigenvalue weighted by Crippen LogP contribution is 2.27. The molecule has 0 bridgehead atoms. The molecule has 3 rings (SSSR count). The van der Waals surface area contributed by atoms with Gasteiger partial charge in [0.05, 0.1) is 0 Å². The number of primary amides is 1. The maximum Gasteiger partial charge on any atom is 0.328 e. The molecule has 9 nitrogen and oxygen atoms in total. The second kappa shape index (κ2) is 5.58. The lowest BCUT2D eigenvalue weighted by molar-refractivity contribution is -0.132. The van der Waals surface area contributed by atoms with Gasteiger partial charge in [0.2, 0.25) is 5.91 Å². The van der Waals surface area contributed by atoms with Gasteiger partial charge in [-0.25, -0.2) is 13.2 Å². The highest BCUT2D eigenvalue weighted by Gasteiger charge is 2.49. The third kappa shape index (κ3) is 2.60. The zero-order valence-electron chi connectivity index (χ0n) is 11.9. The third-order valence-corrected chi connectivity index (χ3v) is 7.01. The Kier molecular flexibility index (Phi) is 3.86. The Hall–Kier alpha value is -1.98. The van der Waals surface area contributed by atoms with Crippen molar-refractivity contribution >= 4 is 39.2 Å². The fraction of sp³-hybridized carbons (Fsp3) is 0.417. The number of carbonyl (C=O) groups is 3. The van der Waals surface area contributed by atoms with Gasteiger partial charge in [0.15, 0.2) is 0 Å². The number of imide groups is 1. The molecule has 11 heteroatoms. The van der Waals surface area contributed by atoms with Crippen molar-refractivity contribution in [2.75, 3.05) is 26.2 Å². The average molecular weight is 358 g/mol. The summed E-state index contributed by atoms with van der Waals surface area (Å²) < 4.78 is 26.4. The topological polar surface area (TPSA) is 121 Å². The molecule has 0 saturated carbocycles. The van der Waals surface area contributed by atoms with Gasteiger partial charge in [-0.15, -0.1) is 11.3 Å². The van der Waals surface area contributed by atoms with E-state index in [0.29, 0.717) is 0 Å². The number of rotatable bonds is 4. The van der Waals surface area contributed by atoms with Crippen molar-refractivity contribution < 1.29 is 22.8 Å². The average Bonchev–Trinajstić information content (AvgIpc) is 3.11. The maximum absolute atomic E-state index is 12.5. The minimum atomic E-state index is -3.69. The molecule has 0 radical (unpaired) electrons. The molecule has 0 aliphatic carbocycles. The summed E-state index contributed by atoms with van der Waals surface area (Å²) in [6.07, 6.45) is 0. The lowest BCUT2D eigenvalue weighted by Gasteiger charge is -2.34. The van der Waals surface area contributed by atoms with Gasteiger partial charge in [-0.1, -0.05) is 6.07 Å². The van der Waals surface area contributed by atoms with E-state index in [4.69, 9.17) is 5.73 Å². The van der Waals surface area contributed by atoms with Crippen molar-refractivity contribution in [3.63, 3.8) is 0 Å². The Labute approximate surface area is 136 Å². The predicted molar refractivity (Wildman–Crippen MR) is 79.9 cm³/mol. The fourth-order valence-electron chi connectivity index (χ4n) is 2.68. The summed E-state index contributed by atoms with van der Waals surface area (Å²) in [5.41, 5.74) is 5.04. The van der Waals surface area contributed by atoms with Crippen LogP contribution in [-0.2, 0) is 19.6 Å². The van der Waals surface area contributed by atoms with Crippen LogP contribution in [0.15, 0.2) is 21.7 Å². The fourth-order valence-corrected chi connectivity index (χ4v) is 5.27. The molecular formula is C12H14N4O5S2. The van der Waals surface area contributed by atoms with Crippen LogP contribution >= 0.6 is 11.3 Å². The smallest absolute Gasteiger partial charge is 0.328 e. The lowest BCUT2D eigenvalue weighted by atomic mass is 10.2. The molecule has 2 N–H and O–H groups in total. The summed E-state index contributed by atoms with van der Waals surface area (Å²) in [5.74, 6) is -1.39. The highest BCUT2D eigenvalue weighted by molar-refractivity contribution is 7.91. The quantitative estimate of drug-likeness (QED) is 0.683. The molecule has 0 spiro atoms. The van der Waals surface area contributed by atoms with Gasteiger partial charge in [0, 0.05) is 19.6 Å². The molecule has 23 heavy (non-hydrogen) atoms. The number of hydrogen-bond acceptors (Lipinski definition) is 6. The molecule has 2 fully saturated rings. The Balaban J connectivity index is 1.82. The predicted octanol–water partition coefficient (Wildman–Crippen LogP) is -1.13. The molecule has 2 aliphatic heterocycles. The maximum atomic E-state index is 12.5. The normalized spacial score (nSPS) is 22.5. The monoisotopic (exact) mass is 358 g/mol. The van der Waals surface area contributed by atoms with Crippen LogP contribution in [0.25, 0.3) is 0 Å². The van der Waals surface area contributed by atoms with Crippen molar-refractivity contribution in [1.82, 2.24) is 14.1 Å². The molecular weight excluding hydrogens is 344 g/mol. The number of piperazine rings is 1. The number of amides is 4. The van der Waals surface area contributed by atoms with Crippen LogP contribution in [0.2, 0.25) is 0 Å². The van der Waals surface area contributed by atoms with E-state index in [0.717, 1.165) is 16.2 Å². The van der Waals surface area contributed by atoms with Crippen LogP contribution in [0, 0.1) is 0 Å². The largest absolute Gasteiger partial charge is 0.368 e. The van der Waals surface area contributed by atoms with Crippen LogP contribution < -0.4 is 5.73 Å². The van der Waals surface area contributed by atoms with Crippen LogP contribution in [0.1, 0.15) is 0 Å². The number of nitrogens with zero attached hydrogens (tertiary/aromatic N) is 3. The highest BCUT2D eigenvalue weighted by atomic mass is 32.2. The van der Waals surface area contributed by atoms with Crippen molar-refractivity contribution in [2.45, 2.75) is 10.3 Å². The van der Waals surface area contributed by atoms with Crippen LogP contribution in [0.4, 0.5) is 4.79 Å². The Morgan fingerprint density at radius 3 is 2.70 bits per heavy atom. The molecule has 1 aromatic heterocycles. The van der Waals surface area contributed by atoms with Crippen molar-refractivity contribution in [1.29, 1.82) is 0 Å². The van der Waals surface area contributed by atoms with Gasteiger partial charge in [-0.05, 0) is 11.4 Å². The Morgan fingerprint density at radius 1 is 1.35 bits per heavy atom. The summed E-state index contributed by atoms with van der Waals surface area (Å²) in [4.78, 5) is 37.4. The first-order chi connectivity index (χ1) is 10.8. The summed E-state index contributed by atoms with van der Waals surface area (Å²) in [5, 5.41) is 1.65. The standard InChI is InChI=1S/C12H14N4O5S2/c13-9(17)7-16-11(18)8-6-14(3-4-15(8)12(16)19)23(20,21)10-2-1-5-22-10/h1-2,5,8H,3-4,6-7H2,(H2,13,17)/t8-/m0/s1. The number of carbonyl (C=O) groups excluding carboxylic acids is 3. The minimum absolute atomic E-state index is 0.0924. The van der Waals surface area contributed by atoms with E-state index in [9.17, 15) is 22.8 Å². The molecule has 0 unspecified atom stereocenters. The van der Waals surface area contributed by atoms with Gasteiger partial charge in [-0.3, -0.25) is 14.5 Å². The van der Waals surface area contributed by atoms with E-state index in [1.54, 1.807) is 11.4 Å². The summed E-state index contributed by atoms with van der Waals surface area (Å²) in [6, 6.07) is 1.61. The number of thiophene rings is 1. The lowest BCUT2D eigenvalue weighted by Crippen LogP contribution is -2.54. The first-order valence-electron chi connectivity index (χ1n) is 6.76. The number of hydrogen-bond donors (Lipinski definition) is 1. The molecule has 4 amide bonds. The number of sulfonamides is 1. The van der Waals surface area contributed by atoms with E-state index in [2.05, 4.69) is 0 Å². The molecule has 3 heterocycles. The molecule has 0 aromatic carbocycles. The molecule has 1 aromatic rings. The van der Waals surface area contributed by atoms with Gasteiger partial charge in [-0.2, -0.15) is 4.31 Å². The van der Waals surface area contributed by atoms with E-state index < -0.39 is 40.5 Å². The zero-order chi connectivity index (χ0) is 16.8. The molecule has 1 atom stereocenters. The van der Waals surface area contributed by atoms with E-state index in [-0.39, 0.29) is 23.8 Å². The Morgan fingerprint density at radius 2 is 2.09 bits per heavy atom. The first kappa shape index (κ1) is 15.9. The number of fused-ring (bicyclic) bond motifs is 1. The first-order valence-corrected chi connectivity index (χ1v) is 9.08. The molecule has 2 aliphatic rings. The zero-order valence-corrected chi connectivity index (χ0v) is 13.5. The van der Waals surface area contributed by atoms with Crippen LogP contribution in [0.3, 0.4) is 0 Å². The van der Waals surface area contributed by atoms with E-state index in [1.165, 1.54) is 15.3 Å². The second-order valence-corrected chi connectivity index (χ2v) is 8.29. The SMILES string of the molecule is NC(=O)CN1C(=O)[C@@H]2CN(S(=O)(=O)c3cccs3)CCN2C1=O. The Bertz CT molecular complexity index is 760. The number of urea groups is 1. The van der Waals surface area contributed by atoms with E-state index >= 15 is 0 Å². The van der Waals surface area contributed by atoms with Crippen molar-refractivity contribution in [2.24, 2.45) is 5.73 Å². The molecule has 2 saturated heterocycles. The van der Waals surface area contributed by atoms with E-state index in [1.807, 2.05) is 0 Å². The van der Waals surface area contributed by atoms with Crippen LogP contribution in [0.5, 0.6) is 0 Å². The van der Waals surface area contributed by atoms with Crippen molar-refractivity contribution in [3.05, 3.63) is 17.5 Å². The summed E-state index contributed by atoms with van der Waals surface area (Å²) in [6.45, 7) is -0.433. The van der Waals surface area contributed by atoms with Gasteiger partial charge < -0.3 is 10.6 Å². The van der Waals surface area contributed by atoms with Crippen LogP contribution in [-0.4, -0.2) is 72.6 Å². The van der Waals surface area contributed by atoms with Gasteiger partial charge >= 0.3 is 6.03 Å². The van der Waals surface area contributed by atoms with Crippen molar-refractivity contribution in [3.8, 4) is 0 Å². The van der Waals surface area contributed by atoms with Gasteiger partial charge in [0.25, 0.3) is 15.9 Å².